The fourth-order valence-electron chi connectivity index (χ4n) is 17.7. The number of anilines is 8. The van der Waals surface area contributed by atoms with Gasteiger partial charge in [-0.05, 0) is 160 Å². The molecule has 8 aromatic rings. The Balaban J connectivity index is 0.000000129. The second kappa shape index (κ2) is 38.5. The summed E-state index contributed by atoms with van der Waals surface area (Å²) in [7, 11) is -6.72. The van der Waals surface area contributed by atoms with Crippen molar-refractivity contribution in [3.8, 4) is 23.5 Å². The van der Waals surface area contributed by atoms with Gasteiger partial charge in [0.2, 0.25) is 33.5 Å². The number of halogens is 5. The summed E-state index contributed by atoms with van der Waals surface area (Å²) in [5.74, 6) is 0.791. The molecule has 8 bridgehead atoms. The van der Waals surface area contributed by atoms with Crippen molar-refractivity contribution in [2.75, 3.05) is 86.4 Å². The van der Waals surface area contributed by atoms with Crippen molar-refractivity contribution >= 4 is 136 Å². The van der Waals surface area contributed by atoms with Crippen LogP contribution in [0.4, 0.5) is 86.2 Å². The molecule has 8 saturated heterocycles. The van der Waals surface area contributed by atoms with Crippen LogP contribution in [0.25, 0.3) is 14.5 Å². The van der Waals surface area contributed by atoms with Crippen molar-refractivity contribution in [3.05, 3.63) is 176 Å². The van der Waals surface area contributed by atoms with Gasteiger partial charge in [0.25, 0.3) is 5.88 Å². The van der Waals surface area contributed by atoms with E-state index >= 15 is 4.39 Å². The molecule has 0 spiro atoms. The lowest BCUT2D eigenvalue weighted by Crippen LogP contribution is -2.59. The Morgan fingerprint density at radius 3 is 1.24 bits per heavy atom. The molecule has 4 N–H and O–H groups in total. The van der Waals surface area contributed by atoms with Gasteiger partial charge in [-0.1, -0.05) is 53.0 Å². The molecule has 6 unspecified atom stereocenters. The second-order valence-electron chi connectivity index (χ2n) is 35.9. The molecule has 132 heavy (non-hydrogen) atoms. The van der Waals surface area contributed by atoms with Crippen molar-refractivity contribution in [2.24, 2.45) is 23.7 Å². The van der Waals surface area contributed by atoms with E-state index in [4.69, 9.17) is 97.2 Å². The molecule has 4 aromatic carbocycles. The quantitative estimate of drug-likeness (QED) is 0.0383. The largest absolute Gasteiger partial charge is 0.474 e. The maximum absolute atomic E-state index is 15.2. The molecule has 12 heterocycles. The van der Waals surface area contributed by atoms with Gasteiger partial charge in [0.15, 0.2) is 32.7 Å². The van der Waals surface area contributed by atoms with Crippen LogP contribution in [0.15, 0.2) is 103 Å². The molecule has 35 nitrogen and oxygen atoms in total. The van der Waals surface area contributed by atoms with E-state index in [-0.39, 0.29) is 135 Å². The van der Waals surface area contributed by atoms with Gasteiger partial charge in [-0.25, -0.2) is 85.0 Å². The number of carbonyl (C=O) groups excluding carboxylic acids is 3. The lowest BCUT2D eigenvalue weighted by Gasteiger charge is -2.46. The molecule has 3 amide bonds. The van der Waals surface area contributed by atoms with Gasteiger partial charge in [-0.3, -0.25) is 4.90 Å². The van der Waals surface area contributed by atoms with Crippen LogP contribution in [0.3, 0.4) is 0 Å². The summed E-state index contributed by atoms with van der Waals surface area (Å²) in [6.07, 6.45) is 17.0. The zero-order valence-electron chi connectivity index (χ0n) is 73.5. The third-order valence-electron chi connectivity index (χ3n) is 25.6. The van der Waals surface area contributed by atoms with Gasteiger partial charge < -0.3 is 73.7 Å². The molecule has 9 atom stereocenters. The van der Waals surface area contributed by atoms with Crippen molar-refractivity contribution in [3.63, 3.8) is 0 Å². The molecule has 3 saturated carbocycles. The smallest absolute Gasteiger partial charge is 0.410 e. The average molecular weight is 1910 g/mol. The monoisotopic (exact) mass is 1910 g/mol. The minimum atomic E-state index is -3.52. The fourth-order valence-corrected chi connectivity index (χ4v) is 20.4. The zero-order valence-corrected chi connectivity index (χ0v) is 77.4. The highest BCUT2D eigenvalue weighted by Crippen LogP contribution is 2.48. The van der Waals surface area contributed by atoms with Crippen molar-refractivity contribution in [2.45, 2.75) is 195 Å². The number of aromatic nitrogens is 8. The summed E-state index contributed by atoms with van der Waals surface area (Å²) in [5.41, 5.74) is 4.16. The lowest BCUT2D eigenvalue weighted by molar-refractivity contribution is -0.112. The van der Waals surface area contributed by atoms with E-state index in [1.807, 2.05) is 39.5 Å². The molecular weight excluding hydrogens is 1810 g/mol. The fraction of sp³-hybridized carbons (Fsp3) is 0.489. The van der Waals surface area contributed by atoms with E-state index in [0.29, 0.717) is 157 Å². The Bertz CT molecular complexity index is 5910. The van der Waals surface area contributed by atoms with Crippen molar-refractivity contribution in [1.82, 2.24) is 58.9 Å². The molecule has 42 heteroatoms. The molecule has 4 aromatic heterocycles. The SMILES string of the molecule is Cc1c(Nc2ccc(S(C)(=O)=O)cc2F)ncnc1O[C@@H]1CC2CCC1N2C(=O)OC1(C)CC1.[C-]#[N+]c1ccc(Nc2ncnc(OC3C4COCC3CN(C(=O)OC3(C)CC3)C4)c2C)c(Cl)c1.[C-]#[N+]c1ccc(Nc2ncnc(OC3C4COCC3CN(C(=O)OC3(C)CC3)C4)c2F)c(Cl)c1.[C-]#[N+]c1ccc(Nc2ncnc(OC3C[C@@H]4CC[C@@H](C3)N4S(C)(=O)=O)c2C)c(Cl)c1. The average Bonchev–Trinajstić information content (AvgIpc) is 1.59. The number of hydrogen-bond donors (Lipinski definition) is 4. The van der Waals surface area contributed by atoms with E-state index in [1.165, 1.54) is 49.8 Å². The van der Waals surface area contributed by atoms with Crippen LogP contribution < -0.4 is 40.2 Å². The standard InChI is InChI=1S/C24H26ClN5O4.C23H23ClFN5O4.C23H27FN4O5S.C20H22ClN5O3S/c1-14-21(29-19-5-4-17(26-3)8-18(19)25)27-13-28-22(14)33-20-15-9-30(10-16(20)12-32-11-15)23(31)34-24(2)6-7-24;1-23(5-6-23)34-22(31)30-8-13-10-32-11-14(9-30)19(13)33-21-18(25)20(27-12-28-21)29-17-4-3-15(26-2)7-16(17)24;1-13-20(27-17-6-5-15(11-16(17)24)34(3,30)31)25-12-26-21(13)32-19-10-14-4-7-18(19)28(14)22(29)33-23(2)8-9-23;1-12-19(25-18-7-4-13(22-2)8-17(18)21)23-11-24-20(12)29-16-9-14-5-6-15(10-16)26(14)30(3,27)28/h4-5,8,13,15-16,20H,6-7,9-12H2,1-2H3,(H,27,28,29);3-4,7,12-14,19H,5-6,8-11H2,1H3,(H,27,28,29);5-6,11-12,14,18-19H,4,7-10H2,1-3H3,(H,25,26,27);4,7-8,11,14-16H,5-6,9-10H2,1,3H3,(H,23,24,25)/t;;14?,18?,19-;14-,15-/m..10/s1. The Morgan fingerprint density at radius 1 is 0.470 bits per heavy atom. The highest BCUT2D eigenvalue weighted by Gasteiger charge is 2.55. The first-order valence-electron chi connectivity index (χ1n) is 43.3. The summed E-state index contributed by atoms with van der Waals surface area (Å²) in [5, 5.41) is 13.2. The van der Waals surface area contributed by atoms with Crippen LogP contribution in [0.2, 0.25) is 15.1 Å². The Labute approximate surface area is 777 Å². The molecule has 3 aliphatic carbocycles. The van der Waals surface area contributed by atoms with E-state index in [9.17, 15) is 35.6 Å². The van der Waals surface area contributed by atoms with Gasteiger partial charge in [-0.2, -0.15) is 13.7 Å². The summed E-state index contributed by atoms with van der Waals surface area (Å²) in [6.45, 7) is 36.3. The maximum Gasteiger partial charge on any atom is 0.410 e. The first-order valence-corrected chi connectivity index (χ1v) is 48.2. The van der Waals surface area contributed by atoms with E-state index in [1.54, 1.807) is 69.6 Å². The summed E-state index contributed by atoms with van der Waals surface area (Å²) >= 11 is 18.8. The normalized spacial score (nSPS) is 24.5. The minimum Gasteiger partial charge on any atom is -0.474 e. The lowest BCUT2D eigenvalue weighted by atomic mass is 9.84. The number of ether oxygens (including phenoxy) is 9. The number of carbonyl (C=O) groups is 3. The van der Waals surface area contributed by atoms with Gasteiger partial charge in [0, 0.05) is 93.5 Å². The Hall–Kier alpha value is -11.6. The zero-order chi connectivity index (χ0) is 93.5. The van der Waals surface area contributed by atoms with E-state index in [0.717, 1.165) is 87.7 Å². The molecule has 8 aliphatic heterocycles. The summed E-state index contributed by atoms with van der Waals surface area (Å²) in [6, 6.07) is 18.3. The topological polar surface area (TPSA) is 380 Å². The first kappa shape index (κ1) is 93.6. The van der Waals surface area contributed by atoms with Crippen LogP contribution in [-0.2, 0) is 43.5 Å². The van der Waals surface area contributed by atoms with Gasteiger partial charge in [0.05, 0.1) is 118 Å². The van der Waals surface area contributed by atoms with Crippen molar-refractivity contribution < 1.29 is 82.6 Å². The Kier molecular flexibility index (Phi) is 27.3. The third kappa shape index (κ3) is 21.7. The number of piperidine rings is 3. The number of sulfone groups is 1. The van der Waals surface area contributed by atoms with Crippen LogP contribution >= 0.6 is 34.8 Å². The van der Waals surface area contributed by atoms with Crippen LogP contribution in [0, 0.1) is 75.8 Å². The van der Waals surface area contributed by atoms with Crippen LogP contribution in [-0.4, -0.2) is 224 Å². The predicted molar refractivity (Wildman–Crippen MR) is 483 cm³/mol. The molecule has 11 fully saturated rings. The van der Waals surface area contributed by atoms with Crippen LogP contribution in [0.5, 0.6) is 23.5 Å². The number of sulfonamides is 1. The number of nitrogens with one attached hydrogen (secondary N) is 4. The van der Waals surface area contributed by atoms with Crippen molar-refractivity contribution in [1.29, 1.82) is 0 Å². The highest BCUT2D eigenvalue weighted by atomic mass is 35.5. The predicted octanol–water partition coefficient (Wildman–Crippen LogP) is 17.1. The second-order valence-corrected chi connectivity index (χ2v) is 41.0. The number of hydrogen-bond acceptors (Lipinski definition) is 28. The number of rotatable bonds is 21. The molecule has 19 rings (SSSR count). The molecule has 0 radical (unpaired) electrons. The number of likely N-dealkylation sites (tertiary alicyclic amines) is 2. The number of fused-ring (bicyclic) bond motifs is 8. The number of nitrogens with zero attached hydrogens (tertiary/aromatic N) is 15. The van der Waals surface area contributed by atoms with Gasteiger partial charge >= 0.3 is 18.3 Å². The molecule has 696 valence electrons. The Morgan fingerprint density at radius 2 is 0.841 bits per heavy atom. The van der Waals surface area contributed by atoms with Crippen LogP contribution in [0.1, 0.15) is 121 Å². The molecular formula is C90H98Cl3F2N19O16S2. The van der Waals surface area contributed by atoms with Gasteiger partial charge in [0.1, 0.15) is 89.8 Å². The van der Waals surface area contributed by atoms with Gasteiger partial charge in [-0.15, -0.1) is 0 Å². The third-order valence-corrected chi connectivity index (χ3v) is 29.0. The summed E-state index contributed by atoms with van der Waals surface area (Å²) < 4.78 is 132. The summed E-state index contributed by atoms with van der Waals surface area (Å²) in [4.78, 5) is 87.0. The molecule has 11 aliphatic rings. The maximum atomic E-state index is 15.2. The first-order chi connectivity index (χ1) is 63.0. The van der Waals surface area contributed by atoms with E-state index in [2.05, 4.69) is 75.7 Å². The number of benzene rings is 4. The van der Waals surface area contributed by atoms with E-state index < -0.39 is 31.5 Å². The highest BCUT2D eigenvalue weighted by molar-refractivity contribution is 7.90. The number of amides is 3. The minimum absolute atomic E-state index is 0.0109.